The van der Waals surface area contributed by atoms with Gasteiger partial charge in [0.2, 0.25) is 0 Å². The van der Waals surface area contributed by atoms with Gasteiger partial charge in [-0.3, -0.25) is 0 Å². The van der Waals surface area contributed by atoms with Crippen molar-refractivity contribution in [2.75, 3.05) is 0 Å². The van der Waals surface area contributed by atoms with Crippen LogP contribution in [0.1, 0.15) is 43.7 Å². The first-order valence-electron chi connectivity index (χ1n) is 5.89. The Bertz CT molecular complexity index is 361. The minimum atomic E-state index is -0.179. The minimum absolute atomic E-state index is 0.155. The molecule has 88 valence electrons. The van der Waals surface area contributed by atoms with Crippen LogP contribution in [0.3, 0.4) is 0 Å². The summed E-state index contributed by atoms with van der Waals surface area (Å²) in [5.74, 6) is 0.263. The van der Waals surface area contributed by atoms with Crippen LogP contribution in [0.2, 0.25) is 0 Å². The number of halogens is 2. The van der Waals surface area contributed by atoms with E-state index in [2.05, 4.69) is 15.9 Å². The Morgan fingerprint density at radius 3 is 2.62 bits per heavy atom. The lowest BCUT2D eigenvalue weighted by molar-refractivity contribution is 0.303. The van der Waals surface area contributed by atoms with Crippen LogP contribution >= 0.6 is 15.9 Å². The first-order valence-corrected chi connectivity index (χ1v) is 6.68. The third-order valence-electron chi connectivity index (χ3n) is 3.47. The van der Waals surface area contributed by atoms with Crippen molar-refractivity contribution in [3.05, 3.63) is 34.1 Å². The summed E-state index contributed by atoms with van der Waals surface area (Å²) in [6.07, 6.45) is 6.02. The fraction of sp³-hybridized carbons (Fsp3) is 0.538. The molecule has 1 fully saturated rings. The molecule has 0 heterocycles. The van der Waals surface area contributed by atoms with Crippen LogP contribution < -0.4 is 5.73 Å². The molecule has 0 aromatic heterocycles. The van der Waals surface area contributed by atoms with E-state index >= 15 is 0 Å². The topological polar surface area (TPSA) is 26.0 Å². The van der Waals surface area contributed by atoms with Crippen molar-refractivity contribution < 1.29 is 4.39 Å². The van der Waals surface area contributed by atoms with Crippen LogP contribution in [0.15, 0.2) is 22.7 Å². The van der Waals surface area contributed by atoms with Crippen LogP contribution in [0.25, 0.3) is 0 Å². The molecular formula is C13H17BrFN. The summed E-state index contributed by atoms with van der Waals surface area (Å²) in [4.78, 5) is 0. The van der Waals surface area contributed by atoms with Crippen LogP contribution in [0.4, 0.5) is 4.39 Å². The largest absolute Gasteiger partial charge is 0.324 e. The monoisotopic (exact) mass is 285 g/mol. The Morgan fingerprint density at radius 2 is 1.94 bits per heavy atom. The summed E-state index contributed by atoms with van der Waals surface area (Å²) in [5, 5.41) is 0. The lowest BCUT2D eigenvalue weighted by atomic mass is 9.81. The third kappa shape index (κ3) is 2.64. The third-order valence-corrected chi connectivity index (χ3v) is 3.97. The molecule has 2 rings (SSSR count). The number of nitrogens with two attached hydrogens (primary N) is 1. The van der Waals surface area contributed by atoms with Gasteiger partial charge in [-0.15, -0.1) is 0 Å². The Kier molecular flexibility index (Phi) is 3.98. The smallest absolute Gasteiger partial charge is 0.128 e. The van der Waals surface area contributed by atoms with E-state index < -0.39 is 0 Å². The van der Waals surface area contributed by atoms with Crippen LogP contribution in [0, 0.1) is 11.7 Å². The maximum Gasteiger partial charge on any atom is 0.128 e. The molecule has 16 heavy (non-hydrogen) atoms. The van der Waals surface area contributed by atoms with Gasteiger partial charge in [0.1, 0.15) is 5.82 Å². The number of benzene rings is 1. The molecule has 0 aliphatic heterocycles. The van der Waals surface area contributed by atoms with E-state index in [0.717, 1.165) is 17.3 Å². The van der Waals surface area contributed by atoms with E-state index in [4.69, 9.17) is 5.73 Å². The second-order valence-electron chi connectivity index (χ2n) is 4.59. The van der Waals surface area contributed by atoms with Crippen molar-refractivity contribution in [3.8, 4) is 0 Å². The molecule has 1 unspecified atom stereocenters. The van der Waals surface area contributed by atoms with E-state index in [1.54, 1.807) is 6.07 Å². The highest BCUT2D eigenvalue weighted by Gasteiger charge is 2.23. The highest BCUT2D eigenvalue weighted by molar-refractivity contribution is 9.10. The Hall–Kier alpha value is -0.410. The molecule has 0 amide bonds. The van der Waals surface area contributed by atoms with Crippen molar-refractivity contribution in [1.29, 1.82) is 0 Å². The molecule has 0 spiro atoms. The molecule has 2 N–H and O–H groups in total. The van der Waals surface area contributed by atoms with Crippen molar-refractivity contribution in [2.24, 2.45) is 11.7 Å². The Morgan fingerprint density at radius 1 is 1.25 bits per heavy atom. The van der Waals surface area contributed by atoms with Crippen molar-refractivity contribution in [2.45, 2.75) is 38.1 Å². The van der Waals surface area contributed by atoms with E-state index in [-0.39, 0.29) is 11.9 Å². The number of hydrogen-bond acceptors (Lipinski definition) is 1. The molecular weight excluding hydrogens is 269 g/mol. The van der Waals surface area contributed by atoms with Gasteiger partial charge in [-0.1, -0.05) is 35.2 Å². The van der Waals surface area contributed by atoms with Gasteiger partial charge in [-0.2, -0.15) is 0 Å². The normalized spacial score (nSPS) is 19.7. The van der Waals surface area contributed by atoms with Crippen molar-refractivity contribution in [3.63, 3.8) is 0 Å². The first-order chi connectivity index (χ1) is 7.68. The van der Waals surface area contributed by atoms with E-state index in [1.807, 2.05) is 6.07 Å². The van der Waals surface area contributed by atoms with Crippen molar-refractivity contribution >= 4 is 15.9 Å². The highest BCUT2D eigenvalue weighted by Crippen LogP contribution is 2.34. The van der Waals surface area contributed by atoms with Gasteiger partial charge >= 0.3 is 0 Å². The standard InChI is InChI=1S/C13H17BrFN/c14-10-6-7-12(15)11(8-10)13(16)9-4-2-1-3-5-9/h6-9,13H,1-5,16H2. The molecule has 1 atom stereocenters. The summed E-state index contributed by atoms with van der Waals surface area (Å²) >= 11 is 3.37. The average molecular weight is 286 g/mol. The zero-order valence-corrected chi connectivity index (χ0v) is 10.8. The molecule has 1 aliphatic carbocycles. The SMILES string of the molecule is NC(c1cc(Br)ccc1F)C1CCCCC1. The van der Waals surface area contributed by atoms with Gasteiger partial charge in [0.15, 0.2) is 0 Å². The van der Waals surface area contributed by atoms with E-state index in [9.17, 15) is 4.39 Å². The van der Waals surface area contributed by atoms with Gasteiger partial charge in [-0.25, -0.2) is 4.39 Å². The Labute approximate surface area is 104 Å². The molecule has 3 heteroatoms. The molecule has 1 aromatic rings. The Balaban J connectivity index is 2.18. The molecule has 1 nitrogen and oxygen atoms in total. The lowest BCUT2D eigenvalue weighted by Crippen LogP contribution is -2.24. The van der Waals surface area contributed by atoms with Crippen LogP contribution in [-0.2, 0) is 0 Å². The summed E-state index contributed by atoms with van der Waals surface area (Å²) in [5.41, 5.74) is 6.83. The first kappa shape index (κ1) is 12.1. The van der Waals surface area contributed by atoms with Gasteiger partial charge in [0.25, 0.3) is 0 Å². The molecule has 0 radical (unpaired) electrons. The summed E-state index contributed by atoms with van der Waals surface area (Å²) in [7, 11) is 0. The molecule has 0 saturated heterocycles. The molecule has 0 bridgehead atoms. The van der Waals surface area contributed by atoms with Gasteiger partial charge in [0, 0.05) is 16.1 Å². The summed E-state index contributed by atoms with van der Waals surface area (Å²) < 4.78 is 14.6. The fourth-order valence-electron chi connectivity index (χ4n) is 2.52. The highest BCUT2D eigenvalue weighted by atomic mass is 79.9. The quantitative estimate of drug-likeness (QED) is 0.867. The number of hydrogen-bond donors (Lipinski definition) is 1. The fourth-order valence-corrected chi connectivity index (χ4v) is 2.90. The summed E-state index contributed by atoms with van der Waals surface area (Å²) in [6.45, 7) is 0. The van der Waals surface area contributed by atoms with Crippen LogP contribution in [0.5, 0.6) is 0 Å². The van der Waals surface area contributed by atoms with E-state index in [0.29, 0.717) is 11.5 Å². The predicted molar refractivity (Wildman–Crippen MR) is 67.6 cm³/mol. The second-order valence-corrected chi connectivity index (χ2v) is 5.51. The maximum atomic E-state index is 13.7. The van der Waals surface area contributed by atoms with Gasteiger partial charge < -0.3 is 5.73 Å². The predicted octanol–water partition coefficient (Wildman–Crippen LogP) is 4.17. The van der Waals surface area contributed by atoms with Gasteiger partial charge in [-0.05, 0) is 37.0 Å². The maximum absolute atomic E-state index is 13.7. The summed E-state index contributed by atoms with van der Waals surface area (Å²) in [6, 6.07) is 4.86. The molecule has 1 aliphatic rings. The lowest BCUT2D eigenvalue weighted by Gasteiger charge is -2.28. The van der Waals surface area contributed by atoms with Crippen LogP contribution in [-0.4, -0.2) is 0 Å². The molecule has 1 saturated carbocycles. The van der Waals surface area contributed by atoms with Crippen molar-refractivity contribution in [1.82, 2.24) is 0 Å². The minimum Gasteiger partial charge on any atom is -0.324 e. The van der Waals surface area contributed by atoms with E-state index in [1.165, 1.54) is 25.3 Å². The van der Waals surface area contributed by atoms with Gasteiger partial charge in [0.05, 0.1) is 0 Å². The molecule has 1 aromatic carbocycles. The second kappa shape index (κ2) is 5.28. The zero-order chi connectivity index (χ0) is 11.5. The zero-order valence-electron chi connectivity index (χ0n) is 9.26. The average Bonchev–Trinajstić information content (AvgIpc) is 2.32. The number of rotatable bonds is 2.